The number of carbonyl (C=O) groups is 1. The van der Waals surface area contributed by atoms with Crippen LogP contribution in [0.3, 0.4) is 0 Å². The second kappa shape index (κ2) is 8.37. The Balaban J connectivity index is 2.16. The normalized spacial score (nSPS) is 18.4. The first-order chi connectivity index (χ1) is 8.27. The summed E-state index contributed by atoms with van der Waals surface area (Å²) in [6.07, 6.45) is 1.53. The van der Waals surface area contributed by atoms with Crippen molar-refractivity contribution in [3.05, 3.63) is 0 Å². The van der Waals surface area contributed by atoms with Crippen LogP contribution in [0.2, 0.25) is 0 Å². The molecule has 96 valence electrons. The Labute approximate surface area is 108 Å². The van der Waals surface area contributed by atoms with E-state index in [1.165, 1.54) is 11.5 Å². The second-order valence-electron chi connectivity index (χ2n) is 4.22. The first kappa shape index (κ1) is 14.3. The number of nitrogens with zero attached hydrogens (tertiary/aromatic N) is 2. The van der Waals surface area contributed by atoms with Crippen molar-refractivity contribution in [1.29, 1.82) is 5.26 Å². The smallest absolute Gasteiger partial charge is 0.237 e. The van der Waals surface area contributed by atoms with E-state index in [9.17, 15) is 4.79 Å². The molecule has 1 aliphatic heterocycles. The summed E-state index contributed by atoms with van der Waals surface area (Å²) in [6.45, 7) is 5.76. The zero-order chi connectivity index (χ0) is 12.5. The van der Waals surface area contributed by atoms with E-state index < -0.39 is 5.92 Å². The molecule has 1 heterocycles. The highest BCUT2D eigenvalue weighted by atomic mass is 32.2. The van der Waals surface area contributed by atoms with E-state index in [0.29, 0.717) is 13.0 Å². The number of nitrogens with one attached hydrogen (secondary N) is 1. The molecule has 0 aromatic carbocycles. The van der Waals surface area contributed by atoms with Crippen molar-refractivity contribution >= 4 is 17.7 Å². The number of hydrogen-bond donors (Lipinski definition) is 1. The van der Waals surface area contributed by atoms with Gasteiger partial charge in [-0.2, -0.15) is 17.0 Å². The highest BCUT2D eigenvalue weighted by molar-refractivity contribution is 7.99. The maximum Gasteiger partial charge on any atom is 0.237 e. The van der Waals surface area contributed by atoms with Gasteiger partial charge in [-0.25, -0.2) is 0 Å². The molecular formula is C12H21N3OS. The topological polar surface area (TPSA) is 56.1 Å². The Morgan fingerprint density at radius 1 is 1.53 bits per heavy atom. The molecule has 0 aliphatic carbocycles. The van der Waals surface area contributed by atoms with E-state index in [0.717, 1.165) is 26.1 Å². The van der Waals surface area contributed by atoms with Crippen molar-refractivity contribution in [1.82, 2.24) is 10.2 Å². The van der Waals surface area contributed by atoms with Crippen molar-refractivity contribution in [3.63, 3.8) is 0 Å². The van der Waals surface area contributed by atoms with Gasteiger partial charge >= 0.3 is 0 Å². The molecule has 17 heavy (non-hydrogen) atoms. The predicted molar refractivity (Wildman–Crippen MR) is 70.8 cm³/mol. The average Bonchev–Trinajstić information content (AvgIpc) is 2.37. The molecule has 1 aliphatic rings. The molecule has 0 aromatic heterocycles. The number of amides is 1. The van der Waals surface area contributed by atoms with Crippen molar-refractivity contribution in [2.45, 2.75) is 19.8 Å². The number of hydrogen-bond acceptors (Lipinski definition) is 4. The van der Waals surface area contributed by atoms with E-state index in [1.807, 2.05) is 18.7 Å². The first-order valence-electron chi connectivity index (χ1n) is 6.25. The summed E-state index contributed by atoms with van der Waals surface area (Å²) >= 11 is 1.98. The van der Waals surface area contributed by atoms with Crippen LogP contribution in [0.5, 0.6) is 0 Å². The maximum absolute atomic E-state index is 11.6. The van der Waals surface area contributed by atoms with Crippen molar-refractivity contribution in [2.75, 3.05) is 37.7 Å². The standard InChI is InChI=1S/C12H21N3OS/c1-2-3-11(10-13)12(16)14-4-5-15-6-8-17-9-7-15/h11H,2-9H2,1H3,(H,14,16). The summed E-state index contributed by atoms with van der Waals surface area (Å²) in [5.41, 5.74) is 0. The summed E-state index contributed by atoms with van der Waals surface area (Å²) in [5.74, 6) is 1.78. The monoisotopic (exact) mass is 255 g/mol. The highest BCUT2D eigenvalue weighted by Crippen LogP contribution is 2.08. The predicted octanol–water partition coefficient (Wildman–Crippen LogP) is 1.09. The Hall–Kier alpha value is -0.730. The fourth-order valence-corrected chi connectivity index (χ4v) is 2.81. The minimum atomic E-state index is -0.475. The van der Waals surface area contributed by atoms with Gasteiger partial charge in [-0.1, -0.05) is 13.3 Å². The molecule has 1 atom stereocenters. The molecule has 0 aromatic rings. The third kappa shape index (κ3) is 5.42. The lowest BCUT2D eigenvalue weighted by molar-refractivity contribution is -0.123. The van der Waals surface area contributed by atoms with E-state index in [-0.39, 0.29) is 5.91 Å². The van der Waals surface area contributed by atoms with Gasteiger partial charge in [0, 0.05) is 37.7 Å². The van der Waals surface area contributed by atoms with Gasteiger partial charge in [0.25, 0.3) is 0 Å². The van der Waals surface area contributed by atoms with Gasteiger partial charge in [-0.3, -0.25) is 9.69 Å². The number of thioether (sulfide) groups is 1. The van der Waals surface area contributed by atoms with Crippen LogP contribution < -0.4 is 5.32 Å². The Kier molecular flexibility index (Phi) is 7.06. The molecule has 1 fully saturated rings. The number of carbonyl (C=O) groups excluding carboxylic acids is 1. The van der Waals surface area contributed by atoms with Gasteiger partial charge in [-0.15, -0.1) is 0 Å². The minimum Gasteiger partial charge on any atom is -0.354 e. The van der Waals surface area contributed by atoms with E-state index in [2.05, 4.69) is 16.3 Å². The quantitative estimate of drug-likeness (QED) is 0.772. The molecule has 1 unspecified atom stereocenters. The highest BCUT2D eigenvalue weighted by Gasteiger charge is 2.16. The van der Waals surface area contributed by atoms with Crippen LogP contribution in [0.25, 0.3) is 0 Å². The Morgan fingerprint density at radius 2 is 2.24 bits per heavy atom. The zero-order valence-electron chi connectivity index (χ0n) is 10.4. The molecular weight excluding hydrogens is 234 g/mol. The van der Waals surface area contributed by atoms with Crippen molar-refractivity contribution in [2.24, 2.45) is 5.92 Å². The van der Waals surface area contributed by atoms with Crippen LogP contribution in [-0.2, 0) is 4.79 Å². The summed E-state index contributed by atoms with van der Waals surface area (Å²) in [7, 11) is 0. The molecule has 0 saturated carbocycles. The lowest BCUT2D eigenvalue weighted by Gasteiger charge is -2.26. The van der Waals surface area contributed by atoms with Crippen molar-refractivity contribution in [3.8, 4) is 6.07 Å². The first-order valence-corrected chi connectivity index (χ1v) is 7.40. The van der Waals surface area contributed by atoms with Gasteiger partial charge in [0.2, 0.25) is 5.91 Å². The Morgan fingerprint density at radius 3 is 2.82 bits per heavy atom. The summed E-state index contributed by atoms with van der Waals surface area (Å²) in [6, 6.07) is 2.06. The van der Waals surface area contributed by atoms with Crippen molar-refractivity contribution < 1.29 is 4.79 Å². The molecule has 0 bridgehead atoms. The average molecular weight is 255 g/mol. The summed E-state index contributed by atoms with van der Waals surface area (Å²) in [4.78, 5) is 14.0. The third-order valence-corrected chi connectivity index (χ3v) is 3.82. The van der Waals surface area contributed by atoms with Gasteiger partial charge in [0.15, 0.2) is 0 Å². The van der Waals surface area contributed by atoms with Crippen LogP contribution in [0.15, 0.2) is 0 Å². The van der Waals surface area contributed by atoms with E-state index in [1.54, 1.807) is 0 Å². The lowest BCUT2D eigenvalue weighted by atomic mass is 10.1. The second-order valence-corrected chi connectivity index (χ2v) is 5.44. The van der Waals surface area contributed by atoms with Gasteiger partial charge in [-0.05, 0) is 6.42 Å². The van der Waals surface area contributed by atoms with E-state index in [4.69, 9.17) is 5.26 Å². The zero-order valence-corrected chi connectivity index (χ0v) is 11.3. The lowest BCUT2D eigenvalue weighted by Crippen LogP contribution is -2.40. The summed E-state index contributed by atoms with van der Waals surface area (Å²) in [5, 5.41) is 11.7. The molecule has 0 spiro atoms. The molecule has 1 N–H and O–H groups in total. The number of nitriles is 1. The summed E-state index contributed by atoms with van der Waals surface area (Å²) < 4.78 is 0. The van der Waals surface area contributed by atoms with Gasteiger partial charge in [0.1, 0.15) is 5.92 Å². The molecule has 0 radical (unpaired) electrons. The minimum absolute atomic E-state index is 0.110. The van der Waals surface area contributed by atoms with Crippen LogP contribution in [0.4, 0.5) is 0 Å². The van der Waals surface area contributed by atoms with Crippen LogP contribution in [0.1, 0.15) is 19.8 Å². The molecule has 1 rings (SSSR count). The molecule has 1 saturated heterocycles. The molecule has 5 heteroatoms. The SMILES string of the molecule is CCCC(C#N)C(=O)NCCN1CCSCC1. The maximum atomic E-state index is 11.6. The van der Waals surface area contributed by atoms with Gasteiger partial charge < -0.3 is 5.32 Å². The molecule has 1 amide bonds. The fourth-order valence-electron chi connectivity index (χ4n) is 1.83. The fraction of sp³-hybridized carbons (Fsp3) is 0.833. The van der Waals surface area contributed by atoms with Crippen LogP contribution >= 0.6 is 11.8 Å². The van der Waals surface area contributed by atoms with Gasteiger partial charge in [0.05, 0.1) is 6.07 Å². The number of rotatable bonds is 6. The van der Waals surface area contributed by atoms with E-state index >= 15 is 0 Å². The van der Waals surface area contributed by atoms with Crippen LogP contribution in [0, 0.1) is 17.2 Å². The van der Waals surface area contributed by atoms with Crippen LogP contribution in [-0.4, -0.2) is 48.5 Å². The molecule has 4 nitrogen and oxygen atoms in total. The largest absolute Gasteiger partial charge is 0.354 e. The third-order valence-electron chi connectivity index (χ3n) is 2.88. The Bertz CT molecular complexity index is 271.